The van der Waals surface area contributed by atoms with Crippen LogP contribution in [0.3, 0.4) is 0 Å². The van der Waals surface area contributed by atoms with Gasteiger partial charge in [-0.3, -0.25) is 0 Å². The normalized spacial score (nSPS) is 29.4. The maximum atomic E-state index is 10.7. The Hall–Kier alpha value is -0.0538. The first kappa shape index (κ1) is 13.0. The molecule has 2 atom stereocenters. The fourth-order valence-corrected chi connectivity index (χ4v) is 2.52. The number of hydrogen-bond donors (Lipinski definition) is 0. The van der Waals surface area contributed by atoms with E-state index < -0.39 is 0 Å². The first-order valence-corrected chi connectivity index (χ1v) is 5.37. The number of allylic oxidation sites excluding steroid dienone is 3. The molecule has 0 aliphatic heterocycles. The Morgan fingerprint density at radius 2 is 2.40 bits per heavy atom. The van der Waals surface area contributed by atoms with E-state index in [2.05, 4.69) is 18.7 Å². The van der Waals surface area contributed by atoms with Gasteiger partial charge in [-0.15, -0.1) is 6.61 Å². The number of rotatable bonds is 3. The van der Waals surface area contributed by atoms with Crippen LogP contribution in [-0.2, 0) is 0 Å². The summed E-state index contributed by atoms with van der Waals surface area (Å²) in [6.07, 6.45) is 12.3. The molecule has 15 heavy (non-hydrogen) atoms. The fraction of sp³-hybridized carbons (Fsp3) is 0.538. The van der Waals surface area contributed by atoms with Gasteiger partial charge in [0.15, 0.2) is 0 Å². The first-order chi connectivity index (χ1) is 6.83. The van der Waals surface area contributed by atoms with Gasteiger partial charge in [-0.25, -0.2) is 0 Å². The Bertz CT molecular complexity index is 291. The molecule has 2 aliphatic rings. The summed E-state index contributed by atoms with van der Waals surface area (Å²) in [5, 5.41) is 10.7. The van der Waals surface area contributed by atoms with Gasteiger partial charge in [-0.1, -0.05) is 12.8 Å². The zero-order chi connectivity index (χ0) is 9.97. The summed E-state index contributed by atoms with van der Waals surface area (Å²) in [5.41, 5.74) is 1.98. The monoisotopic (exact) mass is 212 g/mol. The van der Waals surface area contributed by atoms with Crippen molar-refractivity contribution >= 4 is 23.1 Å². The Balaban J connectivity index is 0.00000112. The SMILES string of the molecule is C=CC(=[C-]C1=CC[C@H]2CC[C@@H]1C2)C[O-].[Mg+2]. The molecule has 0 unspecified atom stereocenters. The molecule has 2 aliphatic carbocycles. The predicted molar refractivity (Wildman–Crippen MR) is 61.1 cm³/mol. The summed E-state index contributed by atoms with van der Waals surface area (Å²) in [6.45, 7) is 3.43. The molecule has 0 amide bonds. The molecular weight excluding hydrogens is 196 g/mol. The molecule has 76 valence electrons. The van der Waals surface area contributed by atoms with Gasteiger partial charge in [-0.2, -0.15) is 36.0 Å². The average molecular weight is 213 g/mol. The van der Waals surface area contributed by atoms with Gasteiger partial charge >= 0.3 is 23.1 Å². The van der Waals surface area contributed by atoms with Crippen LogP contribution in [0.25, 0.3) is 0 Å². The summed E-state index contributed by atoms with van der Waals surface area (Å²) in [6, 6.07) is 0. The van der Waals surface area contributed by atoms with Gasteiger partial charge in [0.05, 0.1) is 0 Å². The maximum Gasteiger partial charge on any atom is 2.00 e. The van der Waals surface area contributed by atoms with Gasteiger partial charge in [0, 0.05) is 0 Å². The number of hydrogen-bond acceptors (Lipinski definition) is 1. The minimum Gasteiger partial charge on any atom is -0.853 e. The van der Waals surface area contributed by atoms with Crippen molar-refractivity contribution in [3.8, 4) is 0 Å². The van der Waals surface area contributed by atoms with Crippen LogP contribution in [0.2, 0.25) is 0 Å². The van der Waals surface area contributed by atoms with Crippen molar-refractivity contribution in [3.63, 3.8) is 0 Å². The topological polar surface area (TPSA) is 23.1 Å². The Morgan fingerprint density at radius 1 is 1.60 bits per heavy atom. The van der Waals surface area contributed by atoms with Gasteiger partial charge in [-0.05, 0) is 24.7 Å². The van der Waals surface area contributed by atoms with Crippen molar-refractivity contribution in [2.24, 2.45) is 11.8 Å². The van der Waals surface area contributed by atoms with Crippen molar-refractivity contribution < 1.29 is 5.11 Å². The van der Waals surface area contributed by atoms with Gasteiger partial charge in [0.25, 0.3) is 0 Å². The van der Waals surface area contributed by atoms with E-state index in [0.29, 0.717) is 11.5 Å². The van der Waals surface area contributed by atoms with Crippen LogP contribution in [-0.4, -0.2) is 29.7 Å². The molecule has 1 saturated carbocycles. The van der Waals surface area contributed by atoms with Crippen molar-refractivity contribution in [2.45, 2.75) is 25.7 Å². The van der Waals surface area contributed by atoms with Gasteiger partial charge in [0.2, 0.25) is 0 Å². The van der Waals surface area contributed by atoms with Gasteiger partial charge < -0.3 is 5.11 Å². The van der Waals surface area contributed by atoms with Crippen molar-refractivity contribution in [2.75, 3.05) is 6.61 Å². The summed E-state index contributed by atoms with van der Waals surface area (Å²) in [4.78, 5) is 0. The molecule has 0 spiro atoms. The molecular formula is C13H16MgO. The number of fused-ring (bicyclic) bond motifs is 2. The molecule has 2 bridgehead atoms. The van der Waals surface area contributed by atoms with Gasteiger partial charge in [0.1, 0.15) is 0 Å². The third kappa shape index (κ3) is 2.96. The summed E-state index contributed by atoms with van der Waals surface area (Å²) < 4.78 is 0. The second-order valence-corrected chi connectivity index (χ2v) is 4.27. The predicted octanol–water partition coefficient (Wildman–Crippen LogP) is 1.63. The second-order valence-electron chi connectivity index (χ2n) is 4.27. The van der Waals surface area contributed by atoms with Crippen molar-refractivity contribution in [1.82, 2.24) is 0 Å². The summed E-state index contributed by atoms with van der Waals surface area (Å²) >= 11 is 0. The quantitative estimate of drug-likeness (QED) is 0.396. The minimum absolute atomic E-state index is 0. The van der Waals surface area contributed by atoms with E-state index in [-0.39, 0.29) is 29.7 Å². The van der Waals surface area contributed by atoms with Crippen molar-refractivity contribution in [1.29, 1.82) is 0 Å². The molecule has 0 aromatic rings. The second kappa shape index (κ2) is 5.88. The summed E-state index contributed by atoms with van der Waals surface area (Å²) in [7, 11) is 0. The van der Waals surface area contributed by atoms with Crippen LogP contribution in [0.5, 0.6) is 0 Å². The van der Waals surface area contributed by atoms with Crippen molar-refractivity contribution in [3.05, 3.63) is 36.0 Å². The zero-order valence-corrected chi connectivity index (χ0v) is 10.6. The van der Waals surface area contributed by atoms with E-state index in [4.69, 9.17) is 0 Å². The van der Waals surface area contributed by atoms with Crippen LogP contribution in [0.1, 0.15) is 25.7 Å². The molecule has 2 heteroatoms. The average Bonchev–Trinajstić information content (AvgIpc) is 2.61. The molecule has 0 heterocycles. The van der Waals surface area contributed by atoms with Crippen LogP contribution in [0, 0.1) is 17.9 Å². The van der Waals surface area contributed by atoms with Crippen LogP contribution < -0.4 is 5.11 Å². The third-order valence-electron chi connectivity index (χ3n) is 3.36. The maximum absolute atomic E-state index is 10.7. The molecule has 2 rings (SSSR count). The molecule has 0 saturated heterocycles. The Kier molecular flexibility index (Phi) is 5.10. The smallest absolute Gasteiger partial charge is 0.853 e. The standard InChI is InChI=1S/C13H16O.Mg/c1-2-10(9-14)7-12-5-3-11-4-6-13(12)8-11;/h2,5,11,13H,1,3-4,6,8-9H2;/q-2;+2/t11-,13+;/m0./s1. The molecule has 0 aromatic heterocycles. The molecule has 0 aromatic carbocycles. The largest absolute Gasteiger partial charge is 2.00 e. The Morgan fingerprint density at radius 3 is 3.07 bits per heavy atom. The van der Waals surface area contributed by atoms with E-state index in [1.807, 2.05) is 0 Å². The molecule has 1 fully saturated rings. The van der Waals surface area contributed by atoms with E-state index in [1.165, 1.54) is 31.3 Å². The Labute approximate surface area is 108 Å². The fourth-order valence-electron chi connectivity index (χ4n) is 2.52. The molecule has 1 nitrogen and oxygen atoms in total. The van der Waals surface area contributed by atoms with E-state index >= 15 is 0 Å². The minimum atomic E-state index is -0.197. The van der Waals surface area contributed by atoms with E-state index in [9.17, 15) is 5.11 Å². The van der Waals surface area contributed by atoms with E-state index in [0.717, 1.165) is 5.92 Å². The van der Waals surface area contributed by atoms with Crippen LogP contribution in [0.15, 0.2) is 29.9 Å². The van der Waals surface area contributed by atoms with Crippen LogP contribution >= 0.6 is 0 Å². The van der Waals surface area contributed by atoms with E-state index in [1.54, 1.807) is 6.08 Å². The molecule has 0 N–H and O–H groups in total. The summed E-state index contributed by atoms with van der Waals surface area (Å²) in [5.74, 6) is 1.58. The zero-order valence-electron chi connectivity index (χ0n) is 9.17. The first-order valence-electron chi connectivity index (χ1n) is 5.37. The molecule has 0 radical (unpaired) electrons. The van der Waals surface area contributed by atoms with Crippen LogP contribution in [0.4, 0.5) is 0 Å². The third-order valence-corrected chi connectivity index (χ3v) is 3.36.